The smallest absolute Gasteiger partial charge is 0.161 e. The van der Waals surface area contributed by atoms with E-state index in [9.17, 15) is 4.79 Å². The minimum atomic E-state index is 0.0264. The molecule has 0 aromatic heterocycles. The Morgan fingerprint density at radius 1 is 1.50 bits per heavy atom. The van der Waals surface area contributed by atoms with Crippen LogP contribution in [0.2, 0.25) is 0 Å². The quantitative estimate of drug-likeness (QED) is 0.612. The van der Waals surface area contributed by atoms with E-state index in [0.29, 0.717) is 17.3 Å². The third-order valence-electron chi connectivity index (χ3n) is 3.30. The highest BCUT2D eigenvalue weighted by Gasteiger charge is 2.21. The summed E-state index contributed by atoms with van der Waals surface area (Å²) in [7, 11) is 0. The lowest BCUT2D eigenvalue weighted by Gasteiger charge is -2.24. The van der Waals surface area contributed by atoms with Crippen molar-refractivity contribution in [2.75, 3.05) is 17.2 Å². The summed E-state index contributed by atoms with van der Waals surface area (Å²) in [6, 6.07) is 6.31. The van der Waals surface area contributed by atoms with Crippen LogP contribution in [-0.2, 0) is 0 Å². The number of anilines is 2. The second-order valence-corrected chi connectivity index (χ2v) is 4.51. The molecule has 1 aliphatic heterocycles. The number of benzene rings is 1. The van der Waals surface area contributed by atoms with Crippen LogP contribution >= 0.6 is 0 Å². The molecule has 0 amide bonds. The SMILES string of the molecule is CC(=O)c1ccc(N2CCCC2C)cc1N. The molecule has 0 bridgehead atoms. The molecule has 1 unspecified atom stereocenters. The first-order valence-corrected chi connectivity index (χ1v) is 5.76. The van der Waals surface area contributed by atoms with Crippen LogP contribution in [0.4, 0.5) is 11.4 Å². The highest BCUT2D eigenvalue weighted by atomic mass is 16.1. The van der Waals surface area contributed by atoms with E-state index in [1.165, 1.54) is 12.8 Å². The Morgan fingerprint density at radius 3 is 2.75 bits per heavy atom. The van der Waals surface area contributed by atoms with E-state index in [1.807, 2.05) is 18.2 Å². The van der Waals surface area contributed by atoms with Crippen LogP contribution in [0.5, 0.6) is 0 Å². The maximum atomic E-state index is 11.3. The molecule has 1 aromatic rings. The van der Waals surface area contributed by atoms with E-state index >= 15 is 0 Å². The Labute approximate surface area is 96.2 Å². The molecule has 0 radical (unpaired) electrons. The van der Waals surface area contributed by atoms with E-state index in [-0.39, 0.29) is 5.78 Å². The molecule has 86 valence electrons. The van der Waals surface area contributed by atoms with Gasteiger partial charge < -0.3 is 10.6 Å². The Bertz CT molecular complexity index is 414. The number of rotatable bonds is 2. The van der Waals surface area contributed by atoms with Crippen LogP contribution in [0.1, 0.15) is 37.0 Å². The normalized spacial score (nSPS) is 20.1. The van der Waals surface area contributed by atoms with Gasteiger partial charge in [-0.1, -0.05) is 0 Å². The number of Topliss-reactive ketones (excluding diaryl/α,β-unsaturated/α-hetero) is 1. The van der Waals surface area contributed by atoms with Gasteiger partial charge in [-0.2, -0.15) is 0 Å². The lowest BCUT2D eigenvalue weighted by molar-refractivity contribution is 0.101. The second-order valence-electron chi connectivity index (χ2n) is 4.51. The third-order valence-corrected chi connectivity index (χ3v) is 3.30. The summed E-state index contributed by atoms with van der Waals surface area (Å²) in [5.74, 6) is 0.0264. The van der Waals surface area contributed by atoms with E-state index in [1.54, 1.807) is 6.92 Å². The zero-order valence-corrected chi connectivity index (χ0v) is 9.86. The minimum absolute atomic E-state index is 0.0264. The molecule has 0 aliphatic carbocycles. The number of hydrogen-bond acceptors (Lipinski definition) is 3. The zero-order valence-electron chi connectivity index (χ0n) is 9.86. The second kappa shape index (κ2) is 4.16. The van der Waals surface area contributed by atoms with Gasteiger partial charge in [-0.3, -0.25) is 4.79 Å². The number of nitrogen functional groups attached to an aromatic ring is 1. The van der Waals surface area contributed by atoms with Crippen LogP contribution in [0.15, 0.2) is 18.2 Å². The highest BCUT2D eigenvalue weighted by molar-refractivity contribution is 5.99. The van der Waals surface area contributed by atoms with Crippen LogP contribution in [0, 0.1) is 0 Å². The monoisotopic (exact) mass is 218 g/mol. The van der Waals surface area contributed by atoms with Gasteiger partial charge in [0.2, 0.25) is 0 Å². The molecule has 2 rings (SSSR count). The topological polar surface area (TPSA) is 46.3 Å². The summed E-state index contributed by atoms with van der Waals surface area (Å²) >= 11 is 0. The number of ketones is 1. The molecular weight excluding hydrogens is 200 g/mol. The summed E-state index contributed by atoms with van der Waals surface area (Å²) in [6.45, 7) is 4.85. The van der Waals surface area contributed by atoms with E-state index < -0.39 is 0 Å². The molecule has 2 N–H and O–H groups in total. The summed E-state index contributed by atoms with van der Waals surface area (Å²) < 4.78 is 0. The average molecular weight is 218 g/mol. The fraction of sp³-hybridized carbons (Fsp3) is 0.462. The van der Waals surface area contributed by atoms with Gasteiger partial charge in [0.05, 0.1) is 0 Å². The molecule has 1 fully saturated rings. The molecule has 1 aromatic carbocycles. The van der Waals surface area contributed by atoms with Gasteiger partial charge in [0.15, 0.2) is 5.78 Å². The Balaban J connectivity index is 2.30. The molecule has 1 aliphatic rings. The fourth-order valence-electron chi connectivity index (χ4n) is 2.37. The average Bonchev–Trinajstić information content (AvgIpc) is 2.63. The van der Waals surface area contributed by atoms with Crippen molar-refractivity contribution in [3.63, 3.8) is 0 Å². The molecule has 3 heteroatoms. The van der Waals surface area contributed by atoms with Crippen molar-refractivity contribution in [1.29, 1.82) is 0 Å². The van der Waals surface area contributed by atoms with Gasteiger partial charge in [0.25, 0.3) is 0 Å². The molecular formula is C13H18N2O. The highest BCUT2D eigenvalue weighted by Crippen LogP contribution is 2.28. The molecule has 1 heterocycles. The van der Waals surface area contributed by atoms with Crippen LogP contribution < -0.4 is 10.6 Å². The molecule has 0 spiro atoms. The summed E-state index contributed by atoms with van der Waals surface area (Å²) in [4.78, 5) is 13.6. The van der Waals surface area contributed by atoms with Crippen molar-refractivity contribution in [3.05, 3.63) is 23.8 Å². The van der Waals surface area contributed by atoms with Crippen molar-refractivity contribution in [1.82, 2.24) is 0 Å². The van der Waals surface area contributed by atoms with Crippen LogP contribution in [-0.4, -0.2) is 18.4 Å². The van der Waals surface area contributed by atoms with E-state index in [4.69, 9.17) is 5.73 Å². The minimum Gasteiger partial charge on any atom is -0.398 e. The predicted octanol–water partition coefficient (Wildman–Crippen LogP) is 2.46. The Morgan fingerprint density at radius 2 is 2.25 bits per heavy atom. The molecule has 1 atom stereocenters. The van der Waals surface area contributed by atoms with Crippen molar-refractivity contribution >= 4 is 17.2 Å². The van der Waals surface area contributed by atoms with Gasteiger partial charge in [0.1, 0.15) is 0 Å². The standard InChI is InChI=1S/C13H18N2O/c1-9-4-3-7-15(9)11-5-6-12(10(2)16)13(14)8-11/h5-6,8-9H,3-4,7,14H2,1-2H3. The van der Waals surface area contributed by atoms with Gasteiger partial charge in [-0.25, -0.2) is 0 Å². The summed E-state index contributed by atoms with van der Waals surface area (Å²) in [6.07, 6.45) is 2.46. The van der Waals surface area contributed by atoms with Crippen molar-refractivity contribution in [3.8, 4) is 0 Å². The molecule has 0 saturated carbocycles. The van der Waals surface area contributed by atoms with E-state index in [2.05, 4.69) is 11.8 Å². The molecule has 1 saturated heterocycles. The number of nitrogens with zero attached hydrogens (tertiary/aromatic N) is 1. The van der Waals surface area contributed by atoms with Gasteiger partial charge >= 0.3 is 0 Å². The van der Waals surface area contributed by atoms with Gasteiger partial charge in [0, 0.05) is 29.5 Å². The maximum Gasteiger partial charge on any atom is 0.161 e. The zero-order chi connectivity index (χ0) is 11.7. The Kier molecular flexibility index (Phi) is 2.86. The Hall–Kier alpha value is -1.51. The molecule has 3 nitrogen and oxygen atoms in total. The molecule has 16 heavy (non-hydrogen) atoms. The summed E-state index contributed by atoms with van der Waals surface area (Å²) in [5.41, 5.74) is 8.23. The number of carbonyl (C=O) groups is 1. The van der Waals surface area contributed by atoms with Gasteiger partial charge in [-0.05, 0) is 44.9 Å². The first-order chi connectivity index (χ1) is 7.59. The van der Waals surface area contributed by atoms with Crippen molar-refractivity contribution < 1.29 is 4.79 Å². The van der Waals surface area contributed by atoms with E-state index in [0.717, 1.165) is 12.2 Å². The van der Waals surface area contributed by atoms with Crippen LogP contribution in [0.25, 0.3) is 0 Å². The number of nitrogens with two attached hydrogens (primary N) is 1. The largest absolute Gasteiger partial charge is 0.398 e. The van der Waals surface area contributed by atoms with Crippen LogP contribution in [0.3, 0.4) is 0 Å². The lowest BCUT2D eigenvalue weighted by Crippen LogP contribution is -2.26. The van der Waals surface area contributed by atoms with Crippen molar-refractivity contribution in [2.45, 2.75) is 32.7 Å². The maximum absolute atomic E-state index is 11.3. The number of carbonyl (C=O) groups excluding carboxylic acids is 1. The first kappa shape index (κ1) is 11.0. The fourth-order valence-corrected chi connectivity index (χ4v) is 2.37. The van der Waals surface area contributed by atoms with Crippen molar-refractivity contribution in [2.24, 2.45) is 0 Å². The van der Waals surface area contributed by atoms with Gasteiger partial charge in [-0.15, -0.1) is 0 Å². The summed E-state index contributed by atoms with van der Waals surface area (Å²) in [5, 5.41) is 0. The predicted molar refractivity (Wildman–Crippen MR) is 66.9 cm³/mol. The lowest BCUT2D eigenvalue weighted by atomic mass is 10.1. The third kappa shape index (κ3) is 1.90. The first-order valence-electron chi connectivity index (χ1n) is 5.76. The number of hydrogen-bond donors (Lipinski definition) is 1.